The number of piperidine rings is 1. The SMILES string of the molecule is CC1CCN(C(=O)C2CC(F)(F)CN2)CC1.Cl. The highest BCUT2D eigenvalue weighted by atomic mass is 35.5. The van der Waals surface area contributed by atoms with Crippen LogP contribution in [0.1, 0.15) is 26.2 Å². The van der Waals surface area contributed by atoms with Crippen LogP contribution < -0.4 is 5.32 Å². The minimum atomic E-state index is -2.72. The molecular weight excluding hydrogens is 250 g/mol. The molecule has 3 nitrogen and oxygen atoms in total. The molecule has 0 saturated carbocycles. The number of amides is 1. The maximum absolute atomic E-state index is 13.0. The summed E-state index contributed by atoms with van der Waals surface area (Å²) in [5.41, 5.74) is 0. The summed E-state index contributed by atoms with van der Waals surface area (Å²) in [7, 11) is 0. The van der Waals surface area contributed by atoms with Gasteiger partial charge in [0, 0.05) is 19.5 Å². The van der Waals surface area contributed by atoms with Gasteiger partial charge >= 0.3 is 0 Å². The van der Waals surface area contributed by atoms with E-state index < -0.39 is 12.0 Å². The lowest BCUT2D eigenvalue weighted by molar-refractivity contribution is -0.135. The van der Waals surface area contributed by atoms with Crippen molar-refractivity contribution < 1.29 is 13.6 Å². The maximum atomic E-state index is 13.0. The zero-order valence-corrected chi connectivity index (χ0v) is 10.7. The molecule has 100 valence electrons. The number of rotatable bonds is 1. The van der Waals surface area contributed by atoms with Crippen molar-refractivity contribution in [1.82, 2.24) is 10.2 Å². The Morgan fingerprint density at radius 1 is 1.35 bits per heavy atom. The number of hydrogen-bond acceptors (Lipinski definition) is 2. The molecular formula is C11H19ClF2N2O. The lowest BCUT2D eigenvalue weighted by Gasteiger charge is -2.32. The summed E-state index contributed by atoms with van der Waals surface area (Å²) in [6, 6.07) is -0.677. The first kappa shape index (κ1) is 14.6. The summed E-state index contributed by atoms with van der Waals surface area (Å²) in [5.74, 6) is -2.23. The molecule has 2 rings (SSSR count). The lowest BCUT2D eigenvalue weighted by atomic mass is 9.98. The third kappa shape index (κ3) is 3.52. The molecule has 0 aromatic rings. The molecule has 1 amide bonds. The quantitative estimate of drug-likeness (QED) is 0.785. The molecule has 0 radical (unpaired) electrons. The van der Waals surface area contributed by atoms with E-state index in [1.54, 1.807) is 4.90 Å². The van der Waals surface area contributed by atoms with Crippen LogP contribution in [0.25, 0.3) is 0 Å². The van der Waals surface area contributed by atoms with E-state index in [4.69, 9.17) is 0 Å². The molecule has 6 heteroatoms. The number of alkyl halides is 2. The van der Waals surface area contributed by atoms with Crippen molar-refractivity contribution in [3.63, 3.8) is 0 Å². The van der Waals surface area contributed by atoms with Crippen LogP contribution in [0.3, 0.4) is 0 Å². The number of carbonyl (C=O) groups is 1. The van der Waals surface area contributed by atoms with Gasteiger partial charge in [0.05, 0.1) is 12.6 Å². The highest BCUT2D eigenvalue weighted by Gasteiger charge is 2.43. The molecule has 0 aromatic heterocycles. The molecule has 2 aliphatic heterocycles. The molecule has 17 heavy (non-hydrogen) atoms. The summed E-state index contributed by atoms with van der Waals surface area (Å²) >= 11 is 0. The predicted molar refractivity (Wildman–Crippen MR) is 63.6 cm³/mol. The van der Waals surface area contributed by atoms with Crippen molar-refractivity contribution in [3.05, 3.63) is 0 Å². The first-order valence-corrected chi connectivity index (χ1v) is 5.88. The third-order valence-electron chi connectivity index (χ3n) is 3.50. The summed E-state index contributed by atoms with van der Waals surface area (Å²) in [5, 5.41) is 2.61. The van der Waals surface area contributed by atoms with Gasteiger partial charge < -0.3 is 4.90 Å². The van der Waals surface area contributed by atoms with Crippen LogP contribution in [0.5, 0.6) is 0 Å². The fourth-order valence-electron chi connectivity index (χ4n) is 2.34. The largest absolute Gasteiger partial charge is 0.341 e. The number of halogens is 3. The standard InChI is InChI=1S/C11H18F2N2O.ClH/c1-8-2-4-15(5-3-8)10(16)9-6-11(12,13)7-14-9;/h8-9,14H,2-7H2,1H3;1H. The van der Waals surface area contributed by atoms with Crippen LogP contribution in [0, 0.1) is 5.92 Å². The molecule has 0 bridgehead atoms. The van der Waals surface area contributed by atoms with Gasteiger partial charge in [-0.3, -0.25) is 10.1 Å². The van der Waals surface area contributed by atoms with E-state index in [1.807, 2.05) is 0 Å². The van der Waals surface area contributed by atoms with Crippen molar-refractivity contribution >= 4 is 18.3 Å². The second-order valence-electron chi connectivity index (χ2n) is 5.00. The van der Waals surface area contributed by atoms with E-state index in [9.17, 15) is 13.6 Å². The Hall–Kier alpha value is -0.420. The number of likely N-dealkylation sites (tertiary alicyclic amines) is 1. The fraction of sp³-hybridized carbons (Fsp3) is 0.909. The van der Waals surface area contributed by atoms with Crippen LogP contribution in [-0.4, -0.2) is 42.4 Å². The number of nitrogens with zero attached hydrogens (tertiary/aromatic N) is 1. The van der Waals surface area contributed by atoms with E-state index in [-0.39, 0.29) is 31.3 Å². The van der Waals surface area contributed by atoms with Crippen LogP contribution in [-0.2, 0) is 4.79 Å². The molecule has 2 fully saturated rings. The minimum absolute atomic E-state index is 0. The van der Waals surface area contributed by atoms with Gasteiger partial charge in [0.1, 0.15) is 0 Å². The molecule has 0 spiro atoms. The molecule has 2 aliphatic rings. The van der Waals surface area contributed by atoms with Gasteiger partial charge in [-0.05, 0) is 18.8 Å². The Bertz CT molecular complexity index is 281. The zero-order valence-electron chi connectivity index (χ0n) is 9.92. The van der Waals surface area contributed by atoms with Crippen LogP contribution in [0.4, 0.5) is 8.78 Å². The summed E-state index contributed by atoms with van der Waals surface area (Å²) in [4.78, 5) is 13.6. The van der Waals surface area contributed by atoms with Gasteiger partial charge in [0.2, 0.25) is 5.91 Å². The predicted octanol–water partition coefficient (Wildman–Crippen LogP) is 1.66. The highest BCUT2D eigenvalue weighted by molar-refractivity contribution is 5.85. The van der Waals surface area contributed by atoms with Gasteiger partial charge in [-0.2, -0.15) is 0 Å². The lowest BCUT2D eigenvalue weighted by Crippen LogP contribution is -2.46. The Labute approximate surface area is 106 Å². The number of nitrogens with one attached hydrogen (secondary N) is 1. The van der Waals surface area contributed by atoms with Gasteiger partial charge in [-0.1, -0.05) is 6.92 Å². The van der Waals surface area contributed by atoms with Gasteiger partial charge in [-0.25, -0.2) is 8.78 Å². The highest BCUT2D eigenvalue weighted by Crippen LogP contribution is 2.27. The number of carbonyl (C=O) groups excluding carboxylic acids is 1. The van der Waals surface area contributed by atoms with Crippen LogP contribution in [0.2, 0.25) is 0 Å². The van der Waals surface area contributed by atoms with E-state index in [2.05, 4.69) is 12.2 Å². The van der Waals surface area contributed by atoms with Crippen molar-refractivity contribution in [2.45, 2.75) is 38.2 Å². The van der Waals surface area contributed by atoms with E-state index >= 15 is 0 Å². The van der Waals surface area contributed by atoms with Crippen LogP contribution in [0.15, 0.2) is 0 Å². The average Bonchev–Trinajstić information content (AvgIpc) is 2.59. The molecule has 0 aromatic carbocycles. The topological polar surface area (TPSA) is 32.3 Å². The second kappa shape index (κ2) is 5.48. The molecule has 1 N–H and O–H groups in total. The van der Waals surface area contributed by atoms with E-state index in [0.717, 1.165) is 12.8 Å². The molecule has 0 aliphatic carbocycles. The maximum Gasteiger partial charge on any atom is 0.262 e. The fourth-order valence-corrected chi connectivity index (χ4v) is 2.34. The minimum Gasteiger partial charge on any atom is -0.341 e. The van der Waals surface area contributed by atoms with E-state index in [0.29, 0.717) is 19.0 Å². The van der Waals surface area contributed by atoms with Crippen molar-refractivity contribution in [1.29, 1.82) is 0 Å². The Balaban J connectivity index is 0.00000144. The first-order chi connectivity index (χ1) is 7.48. The molecule has 1 unspecified atom stereocenters. The van der Waals surface area contributed by atoms with Crippen molar-refractivity contribution in [2.24, 2.45) is 5.92 Å². The Morgan fingerprint density at radius 2 is 1.94 bits per heavy atom. The summed E-state index contributed by atoms with van der Waals surface area (Å²) in [6.07, 6.45) is 1.61. The average molecular weight is 269 g/mol. The number of hydrogen-bond donors (Lipinski definition) is 1. The Kier molecular flexibility index (Phi) is 4.72. The first-order valence-electron chi connectivity index (χ1n) is 5.88. The summed E-state index contributed by atoms with van der Waals surface area (Å²) < 4.78 is 25.9. The second-order valence-corrected chi connectivity index (χ2v) is 5.00. The molecule has 2 heterocycles. The zero-order chi connectivity index (χ0) is 11.8. The molecule has 2 saturated heterocycles. The smallest absolute Gasteiger partial charge is 0.262 e. The van der Waals surface area contributed by atoms with Gasteiger partial charge in [-0.15, -0.1) is 12.4 Å². The van der Waals surface area contributed by atoms with Crippen LogP contribution >= 0.6 is 12.4 Å². The normalized spacial score (nSPS) is 28.9. The monoisotopic (exact) mass is 268 g/mol. The van der Waals surface area contributed by atoms with Gasteiger partial charge in [0.25, 0.3) is 5.92 Å². The van der Waals surface area contributed by atoms with Gasteiger partial charge in [0.15, 0.2) is 0 Å². The van der Waals surface area contributed by atoms with Crippen molar-refractivity contribution in [2.75, 3.05) is 19.6 Å². The van der Waals surface area contributed by atoms with Crippen molar-refractivity contribution in [3.8, 4) is 0 Å². The van der Waals surface area contributed by atoms with E-state index in [1.165, 1.54) is 0 Å². The summed E-state index contributed by atoms with van der Waals surface area (Å²) in [6.45, 7) is 3.21. The molecule has 1 atom stereocenters. The third-order valence-corrected chi connectivity index (χ3v) is 3.50. The Morgan fingerprint density at radius 3 is 2.41 bits per heavy atom.